The zero-order valence-corrected chi connectivity index (χ0v) is 13.6. The Kier molecular flexibility index (Phi) is 3.45. The van der Waals surface area contributed by atoms with E-state index >= 15 is 0 Å². The van der Waals surface area contributed by atoms with E-state index in [-0.39, 0.29) is 17.3 Å². The van der Waals surface area contributed by atoms with E-state index in [9.17, 15) is 13.2 Å². The van der Waals surface area contributed by atoms with Crippen molar-refractivity contribution in [1.29, 1.82) is 0 Å². The summed E-state index contributed by atoms with van der Waals surface area (Å²) in [6.07, 6.45) is 0. The van der Waals surface area contributed by atoms with Crippen LogP contribution in [0.3, 0.4) is 0 Å². The van der Waals surface area contributed by atoms with Crippen molar-refractivity contribution in [1.82, 2.24) is 9.21 Å². The highest BCUT2D eigenvalue weighted by Gasteiger charge is 2.50. The van der Waals surface area contributed by atoms with E-state index in [1.54, 1.807) is 20.2 Å². The molecule has 1 heterocycles. The molecule has 1 fully saturated rings. The van der Waals surface area contributed by atoms with E-state index in [0.29, 0.717) is 5.39 Å². The van der Waals surface area contributed by atoms with Crippen LogP contribution >= 0.6 is 0 Å². The van der Waals surface area contributed by atoms with E-state index in [1.165, 1.54) is 9.21 Å². The van der Waals surface area contributed by atoms with Gasteiger partial charge in [-0.2, -0.15) is 4.31 Å². The average molecular weight is 318 g/mol. The van der Waals surface area contributed by atoms with E-state index < -0.39 is 16.1 Å². The molecule has 1 aliphatic rings. The van der Waals surface area contributed by atoms with Crippen molar-refractivity contribution < 1.29 is 13.2 Å². The number of hydrogen-bond donors (Lipinski definition) is 0. The topological polar surface area (TPSA) is 57.5 Å². The lowest BCUT2D eigenvalue weighted by atomic mass is 10.1. The third kappa shape index (κ3) is 2.28. The third-order valence-electron chi connectivity index (χ3n) is 3.98. The predicted octanol–water partition coefficient (Wildman–Crippen LogP) is 1.61. The fourth-order valence-electron chi connectivity index (χ4n) is 2.66. The van der Waals surface area contributed by atoms with Gasteiger partial charge in [-0.3, -0.25) is 4.79 Å². The molecule has 6 heteroatoms. The second-order valence-electron chi connectivity index (χ2n) is 5.75. The number of nitrogens with zero attached hydrogens (tertiary/aromatic N) is 2. The van der Waals surface area contributed by atoms with Gasteiger partial charge in [0.25, 0.3) is 0 Å². The highest BCUT2D eigenvalue weighted by Crippen LogP contribution is 2.34. The number of amides is 1. The molecule has 0 N–H and O–H groups in total. The second-order valence-corrected chi connectivity index (χ2v) is 7.61. The highest BCUT2D eigenvalue weighted by atomic mass is 32.2. The molecule has 1 amide bonds. The molecule has 0 saturated carbocycles. The van der Waals surface area contributed by atoms with Crippen LogP contribution in [0.15, 0.2) is 41.3 Å². The van der Waals surface area contributed by atoms with Crippen LogP contribution in [0.4, 0.5) is 0 Å². The Hall–Kier alpha value is -1.92. The van der Waals surface area contributed by atoms with Crippen LogP contribution < -0.4 is 0 Å². The number of rotatable bonds is 3. The molecule has 1 aliphatic heterocycles. The van der Waals surface area contributed by atoms with Crippen molar-refractivity contribution in [2.24, 2.45) is 0 Å². The second kappa shape index (κ2) is 5.07. The normalized spacial score (nSPS) is 20.9. The maximum absolute atomic E-state index is 12.8. The van der Waals surface area contributed by atoms with Gasteiger partial charge in [-0.1, -0.05) is 30.3 Å². The standard InChI is InChI=1S/C16H18N2O3S/c1-11-8-9-15(13-7-5-4-6-12(11)13)22(20,21)18-10-14(18)16(19)17(2)3/h4-9,14H,10H2,1-3H3. The first-order valence-corrected chi connectivity index (χ1v) is 8.49. The van der Waals surface area contributed by atoms with Gasteiger partial charge in [-0.25, -0.2) is 8.42 Å². The van der Waals surface area contributed by atoms with Gasteiger partial charge >= 0.3 is 0 Å². The quantitative estimate of drug-likeness (QED) is 0.808. The summed E-state index contributed by atoms with van der Waals surface area (Å²) in [5.74, 6) is -0.181. The van der Waals surface area contributed by atoms with Crippen molar-refractivity contribution >= 4 is 26.7 Å². The molecule has 2 unspecified atom stereocenters. The maximum Gasteiger partial charge on any atom is 0.244 e. The molecular weight excluding hydrogens is 300 g/mol. The van der Waals surface area contributed by atoms with Gasteiger partial charge in [0.2, 0.25) is 15.9 Å². The number of fused-ring (bicyclic) bond motifs is 1. The van der Waals surface area contributed by atoms with Crippen LogP contribution in [0.2, 0.25) is 0 Å². The lowest BCUT2D eigenvalue weighted by Crippen LogP contribution is -2.30. The van der Waals surface area contributed by atoms with E-state index in [1.807, 2.05) is 37.3 Å². The maximum atomic E-state index is 12.8. The molecule has 0 spiro atoms. The van der Waals surface area contributed by atoms with Gasteiger partial charge < -0.3 is 4.90 Å². The van der Waals surface area contributed by atoms with Crippen LogP contribution in [0.5, 0.6) is 0 Å². The molecule has 0 aliphatic carbocycles. The molecule has 116 valence electrons. The van der Waals surface area contributed by atoms with Gasteiger partial charge in [0.1, 0.15) is 6.04 Å². The minimum Gasteiger partial charge on any atom is -0.347 e. The zero-order chi connectivity index (χ0) is 16.1. The largest absolute Gasteiger partial charge is 0.347 e. The van der Waals surface area contributed by atoms with Crippen LogP contribution in [0.25, 0.3) is 10.8 Å². The molecular formula is C16H18N2O3S. The number of carbonyl (C=O) groups is 1. The summed E-state index contributed by atoms with van der Waals surface area (Å²) in [7, 11) is -0.388. The molecule has 2 aromatic rings. The molecule has 0 radical (unpaired) electrons. The Morgan fingerprint density at radius 3 is 2.41 bits per heavy atom. The number of aryl methyl sites for hydroxylation is 1. The highest BCUT2D eigenvalue weighted by molar-refractivity contribution is 7.89. The third-order valence-corrected chi connectivity index (χ3v) is 5.91. The van der Waals surface area contributed by atoms with Crippen LogP contribution in [-0.2, 0) is 14.8 Å². The van der Waals surface area contributed by atoms with E-state index in [0.717, 1.165) is 10.9 Å². The van der Waals surface area contributed by atoms with Gasteiger partial charge in [-0.05, 0) is 23.9 Å². The van der Waals surface area contributed by atoms with Gasteiger partial charge in [0.15, 0.2) is 0 Å². The summed E-state index contributed by atoms with van der Waals surface area (Å²) in [4.78, 5) is 13.6. The molecule has 0 aromatic heterocycles. The lowest BCUT2D eigenvalue weighted by molar-refractivity contribution is -0.128. The number of carbonyl (C=O) groups excluding carboxylic acids is 1. The number of sulfonamides is 1. The predicted molar refractivity (Wildman–Crippen MR) is 85.1 cm³/mol. The average Bonchev–Trinajstić information content (AvgIpc) is 3.28. The summed E-state index contributed by atoms with van der Waals surface area (Å²) < 4.78 is 26.9. The number of likely N-dealkylation sites (N-methyl/N-ethyl adjacent to an activating group) is 1. The smallest absolute Gasteiger partial charge is 0.244 e. The number of benzene rings is 2. The summed E-state index contributed by atoms with van der Waals surface area (Å²) in [6, 6.07) is 10.3. The molecule has 1 saturated heterocycles. The zero-order valence-electron chi connectivity index (χ0n) is 12.8. The molecule has 2 atom stereocenters. The first-order chi connectivity index (χ1) is 10.3. The Labute approximate surface area is 130 Å². The van der Waals surface area contributed by atoms with Crippen molar-refractivity contribution in [2.45, 2.75) is 17.9 Å². The van der Waals surface area contributed by atoms with Crippen LogP contribution in [-0.4, -0.2) is 50.2 Å². The summed E-state index contributed by atoms with van der Waals surface area (Å²) in [6.45, 7) is 2.20. The Bertz CT molecular complexity index is 859. The first-order valence-electron chi connectivity index (χ1n) is 7.05. The summed E-state index contributed by atoms with van der Waals surface area (Å²) in [5, 5.41) is 1.62. The van der Waals surface area contributed by atoms with E-state index in [4.69, 9.17) is 0 Å². The van der Waals surface area contributed by atoms with Crippen LogP contribution in [0, 0.1) is 6.92 Å². The first kappa shape index (κ1) is 15.0. The summed E-state index contributed by atoms with van der Waals surface area (Å²) in [5.41, 5.74) is 1.03. The fraction of sp³-hybridized carbons (Fsp3) is 0.312. The lowest BCUT2D eigenvalue weighted by Gasteiger charge is -2.13. The Balaban J connectivity index is 2.05. The Morgan fingerprint density at radius 2 is 1.77 bits per heavy atom. The van der Waals surface area contributed by atoms with Gasteiger partial charge in [0, 0.05) is 26.0 Å². The van der Waals surface area contributed by atoms with Crippen molar-refractivity contribution in [3.63, 3.8) is 0 Å². The fourth-order valence-corrected chi connectivity index (χ4v) is 4.37. The molecule has 5 nitrogen and oxygen atoms in total. The Morgan fingerprint density at radius 1 is 1.14 bits per heavy atom. The molecule has 3 rings (SSSR count). The monoisotopic (exact) mass is 318 g/mol. The minimum absolute atomic E-state index is 0.181. The SMILES string of the molecule is Cc1ccc(S(=O)(=O)N2CC2C(=O)N(C)C)c2ccccc12. The molecule has 22 heavy (non-hydrogen) atoms. The molecule has 2 aromatic carbocycles. The van der Waals surface area contributed by atoms with E-state index in [2.05, 4.69) is 0 Å². The number of hydrogen-bond acceptors (Lipinski definition) is 3. The van der Waals surface area contributed by atoms with Gasteiger partial charge in [-0.15, -0.1) is 0 Å². The summed E-state index contributed by atoms with van der Waals surface area (Å²) >= 11 is 0. The molecule has 0 bridgehead atoms. The van der Waals surface area contributed by atoms with Crippen LogP contribution in [0.1, 0.15) is 5.56 Å². The van der Waals surface area contributed by atoms with Crippen molar-refractivity contribution in [3.05, 3.63) is 42.0 Å². The minimum atomic E-state index is -3.65. The van der Waals surface area contributed by atoms with Gasteiger partial charge in [0.05, 0.1) is 4.90 Å². The van der Waals surface area contributed by atoms with Crippen molar-refractivity contribution in [2.75, 3.05) is 20.6 Å². The van der Waals surface area contributed by atoms with Crippen molar-refractivity contribution in [3.8, 4) is 0 Å².